The summed E-state index contributed by atoms with van der Waals surface area (Å²) < 4.78 is 5.77. The van der Waals surface area contributed by atoms with Crippen molar-refractivity contribution in [2.45, 2.75) is 0 Å². The van der Waals surface area contributed by atoms with Gasteiger partial charge in [0.25, 0.3) is 0 Å². The SMILES string of the molecule is O=c1[nH]c2c(Cl)cc(I)cc2o1. The number of nitrogens with one attached hydrogen (secondary N) is 1. The molecule has 0 fully saturated rings. The fourth-order valence-corrected chi connectivity index (χ4v) is 2.02. The third kappa shape index (κ3) is 1.25. The van der Waals surface area contributed by atoms with E-state index in [4.69, 9.17) is 16.0 Å². The lowest BCUT2D eigenvalue weighted by Crippen LogP contribution is -1.93. The van der Waals surface area contributed by atoms with E-state index in [0.717, 1.165) is 3.57 Å². The minimum Gasteiger partial charge on any atom is -0.408 e. The Labute approximate surface area is 85.9 Å². The summed E-state index contributed by atoms with van der Waals surface area (Å²) in [6, 6.07) is 3.51. The van der Waals surface area contributed by atoms with Gasteiger partial charge in [0.05, 0.1) is 5.02 Å². The fourth-order valence-electron chi connectivity index (χ4n) is 0.979. The maximum Gasteiger partial charge on any atom is 0.417 e. The maximum atomic E-state index is 10.8. The van der Waals surface area contributed by atoms with E-state index in [2.05, 4.69) is 27.6 Å². The predicted molar refractivity (Wildman–Crippen MR) is 54.6 cm³/mol. The second kappa shape index (κ2) is 2.77. The van der Waals surface area contributed by atoms with Gasteiger partial charge in [-0.25, -0.2) is 4.79 Å². The maximum absolute atomic E-state index is 10.8. The quantitative estimate of drug-likeness (QED) is 0.759. The van der Waals surface area contributed by atoms with Crippen molar-refractivity contribution in [1.82, 2.24) is 4.98 Å². The number of H-pyrrole nitrogens is 1. The van der Waals surface area contributed by atoms with Crippen molar-refractivity contribution in [3.63, 3.8) is 0 Å². The Kier molecular flexibility index (Phi) is 1.88. The van der Waals surface area contributed by atoms with Crippen molar-refractivity contribution in [1.29, 1.82) is 0 Å². The fraction of sp³-hybridized carbons (Fsp3) is 0. The Bertz CT molecular complexity index is 488. The van der Waals surface area contributed by atoms with E-state index >= 15 is 0 Å². The lowest BCUT2D eigenvalue weighted by atomic mass is 10.3. The largest absolute Gasteiger partial charge is 0.417 e. The van der Waals surface area contributed by atoms with E-state index in [1.807, 2.05) is 0 Å². The summed E-state index contributed by atoms with van der Waals surface area (Å²) in [7, 11) is 0. The van der Waals surface area contributed by atoms with Gasteiger partial charge in [0.15, 0.2) is 5.58 Å². The van der Waals surface area contributed by atoms with Crippen molar-refractivity contribution >= 4 is 45.3 Å². The van der Waals surface area contributed by atoms with Crippen LogP contribution in [0.15, 0.2) is 21.3 Å². The summed E-state index contributed by atoms with van der Waals surface area (Å²) in [5.74, 6) is -0.478. The minimum atomic E-state index is -0.478. The second-order valence-corrected chi connectivity index (χ2v) is 3.93. The Morgan fingerprint density at radius 2 is 2.25 bits per heavy atom. The van der Waals surface area contributed by atoms with Gasteiger partial charge < -0.3 is 4.42 Å². The molecule has 2 rings (SSSR count). The molecule has 0 radical (unpaired) electrons. The smallest absolute Gasteiger partial charge is 0.408 e. The van der Waals surface area contributed by atoms with Gasteiger partial charge in [-0.05, 0) is 34.7 Å². The van der Waals surface area contributed by atoms with Crippen LogP contribution in [0.5, 0.6) is 0 Å². The first-order valence-electron chi connectivity index (χ1n) is 3.15. The number of rotatable bonds is 0. The summed E-state index contributed by atoms with van der Waals surface area (Å²) in [6.45, 7) is 0. The number of hydrogen-bond acceptors (Lipinski definition) is 2. The Balaban J connectivity index is 2.97. The molecule has 1 aromatic heterocycles. The molecule has 1 aromatic carbocycles. The molecule has 0 aliphatic rings. The summed E-state index contributed by atoms with van der Waals surface area (Å²) in [6.07, 6.45) is 0. The molecule has 2 aromatic rings. The van der Waals surface area contributed by atoms with Crippen molar-refractivity contribution in [2.24, 2.45) is 0 Å². The molecule has 0 atom stereocenters. The van der Waals surface area contributed by atoms with Gasteiger partial charge in [-0.2, -0.15) is 0 Å². The van der Waals surface area contributed by atoms with Crippen LogP contribution < -0.4 is 5.76 Å². The first-order chi connectivity index (χ1) is 5.66. The molecule has 0 aliphatic heterocycles. The summed E-state index contributed by atoms with van der Waals surface area (Å²) >= 11 is 7.94. The number of benzene rings is 1. The molecule has 1 N–H and O–H groups in total. The topological polar surface area (TPSA) is 46.0 Å². The van der Waals surface area contributed by atoms with Crippen molar-refractivity contribution in [3.05, 3.63) is 31.3 Å². The highest BCUT2D eigenvalue weighted by Crippen LogP contribution is 2.23. The second-order valence-electron chi connectivity index (χ2n) is 2.28. The molecule has 62 valence electrons. The number of oxazole rings is 1. The van der Waals surface area contributed by atoms with Crippen molar-refractivity contribution in [3.8, 4) is 0 Å². The van der Waals surface area contributed by atoms with Gasteiger partial charge in [-0.1, -0.05) is 11.6 Å². The Morgan fingerprint density at radius 1 is 1.50 bits per heavy atom. The average molecular weight is 295 g/mol. The Hall–Kier alpha value is -0.490. The third-order valence-corrected chi connectivity index (χ3v) is 2.37. The summed E-state index contributed by atoms with van der Waals surface area (Å²) in [5.41, 5.74) is 1.05. The van der Waals surface area contributed by atoms with Crippen LogP contribution in [0.2, 0.25) is 5.02 Å². The molecular formula is C7H3ClINO2. The molecule has 0 aliphatic carbocycles. The predicted octanol–water partition coefficient (Wildman–Crippen LogP) is 2.38. The number of aromatic nitrogens is 1. The van der Waals surface area contributed by atoms with E-state index in [0.29, 0.717) is 16.1 Å². The molecule has 0 unspecified atom stereocenters. The van der Waals surface area contributed by atoms with Crippen molar-refractivity contribution in [2.75, 3.05) is 0 Å². The molecule has 1 heterocycles. The van der Waals surface area contributed by atoms with Crippen LogP contribution in [-0.4, -0.2) is 4.98 Å². The zero-order valence-corrected chi connectivity index (χ0v) is 8.64. The van der Waals surface area contributed by atoms with Gasteiger partial charge in [0, 0.05) is 3.57 Å². The molecular weight excluding hydrogens is 292 g/mol. The average Bonchev–Trinajstić information content (AvgIpc) is 2.29. The monoisotopic (exact) mass is 295 g/mol. The highest BCUT2D eigenvalue weighted by molar-refractivity contribution is 14.1. The molecule has 3 nitrogen and oxygen atoms in total. The minimum absolute atomic E-state index is 0.478. The molecule has 0 amide bonds. The Morgan fingerprint density at radius 3 is 3.00 bits per heavy atom. The third-order valence-electron chi connectivity index (χ3n) is 1.45. The van der Waals surface area contributed by atoms with Gasteiger partial charge in [0.2, 0.25) is 0 Å². The van der Waals surface area contributed by atoms with Gasteiger partial charge >= 0.3 is 5.76 Å². The van der Waals surface area contributed by atoms with Crippen LogP contribution in [0.3, 0.4) is 0 Å². The number of halogens is 2. The number of fused-ring (bicyclic) bond motifs is 1. The van der Waals surface area contributed by atoms with E-state index in [9.17, 15) is 4.79 Å². The summed E-state index contributed by atoms with van der Waals surface area (Å²) in [5, 5.41) is 0.503. The van der Waals surface area contributed by atoms with Gasteiger partial charge in [0.1, 0.15) is 5.52 Å². The van der Waals surface area contributed by atoms with Crippen molar-refractivity contribution < 1.29 is 4.42 Å². The zero-order chi connectivity index (χ0) is 8.72. The zero-order valence-electron chi connectivity index (χ0n) is 5.73. The first-order valence-corrected chi connectivity index (χ1v) is 4.60. The molecule has 5 heteroatoms. The highest BCUT2D eigenvalue weighted by atomic mass is 127. The molecule has 0 bridgehead atoms. The molecule has 0 spiro atoms. The van der Waals surface area contributed by atoms with Crippen LogP contribution in [0.1, 0.15) is 0 Å². The van der Waals surface area contributed by atoms with Crippen LogP contribution in [-0.2, 0) is 0 Å². The van der Waals surface area contributed by atoms with Gasteiger partial charge in [-0.15, -0.1) is 0 Å². The molecule has 0 saturated carbocycles. The summed E-state index contributed by atoms with van der Waals surface area (Å²) in [4.78, 5) is 13.3. The lowest BCUT2D eigenvalue weighted by molar-refractivity contribution is 0.555. The highest BCUT2D eigenvalue weighted by Gasteiger charge is 2.05. The first kappa shape index (κ1) is 8.12. The van der Waals surface area contributed by atoms with E-state index in [-0.39, 0.29) is 0 Å². The number of aromatic amines is 1. The standard InChI is InChI=1S/C7H3ClINO2/c8-4-1-3(9)2-5-6(4)10-7(11)12-5/h1-2H,(H,10,11). The van der Waals surface area contributed by atoms with E-state index in [1.54, 1.807) is 12.1 Å². The van der Waals surface area contributed by atoms with E-state index < -0.39 is 5.76 Å². The number of hydrogen-bond donors (Lipinski definition) is 1. The van der Waals surface area contributed by atoms with Gasteiger partial charge in [-0.3, -0.25) is 4.98 Å². The normalized spacial score (nSPS) is 10.8. The molecule has 12 heavy (non-hydrogen) atoms. The van der Waals surface area contributed by atoms with Crippen LogP contribution in [0.25, 0.3) is 11.1 Å². The van der Waals surface area contributed by atoms with E-state index in [1.165, 1.54) is 0 Å². The van der Waals surface area contributed by atoms with Crippen LogP contribution in [0.4, 0.5) is 0 Å². The molecule has 0 saturated heterocycles. The van der Waals surface area contributed by atoms with Crippen LogP contribution >= 0.6 is 34.2 Å². The van der Waals surface area contributed by atoms with Crippen LogP contribution in [0, 0.1) is 3.57 Å². The lowest BCUT2D eigenvalue weighted by Gasteiger charge is -1.92.